The minimum atomic E-state index is -1.09. The maximum absolute atomic E-state index is 13.3. The van der Waals surface area contributed by atoms with Crippen molar-refractivity contribution in [1.29, 1.82) is 0 Å². The van der Waals surface area contributed by atoms with E-state index in [9.17, 15) is 14.7 Å². The first kappa shape index (κ1) is 27.7. The van der Waals surface area contributed by atoms with Crippen molar-refractivity contribution >= 4 is 28.7 Å². The Balaban J connectivity index is 1.29. The third-order valence-electron chi connectivity index (χ3n) is 8.31. The van der Waals surface area contributed by atoms with Crippen molar-refractivity contribution < 1.29 is 19.4 Å². The van der Waals surface area contributed by atoms with E-state index < -0.39 is 5.97 Å². The van der Waals surface area contributed by atoms with Crippen LogP contribution in [0.4, 0.5) is 5.82 Å². The second kappa shape index (κ2) is 11.4. The first-order chi connectivity index (χ1) is 20.3. The molecule has 2 fully saturated rings. The number of ether oxygens (including phenoxy) is 1. The highest BCUT2D eigenvalue weighted by Gasteiger charge is 2.35. The van der Waals surface area contributed by atoms with E-state index in [1.807, 2.05) is 47.4 Å². The molecule has 1 unspecified atom stereocenters. The molecule has 42 heavy (non-hydrogen) atoms. The number of nitrogen functional groups attached to an aromatic ring is 1. The number of aromatic nitrogens is 3. The number of anilines is 1. The largest absolute Gasteiger partial charge is 0.477 e. The molecule has 0 bridgehead atoms. The topological polar surface area (TPSA) is 127 Å². The van der Waals surface area contributed by atoms with Crippen LogP contribution in [0, 0.1) is 5.92 Å². The van der Waals surface area contributed by atoms with Gasteiger partial charge in [0.2, 0.25) is 5.91 Å². The Morgan fingerprint density at radius 3 is 2.48 bits per heavy atom. The van der Waals surface area contributed by atoms with Gasteiger partial charge in [0.05, 0.1) is 11.4 Å². The van der Waals surface area contributed by atoms with Crippen LogP contribution in [0.1, 0.15) is 49.1 Å². The summed E-state index contributed by atoms with van der Waals surface area (Å²) in [5.41, 5.74) is 8.03. The number of rotatable bonds is 10. The fraction of sp³-hybridized carbons (Fsp3) is 0.375. The number of carboxylic acid groups (broad SMARTS) is 1. The van der Waals surface area contributed by atoms with Crippen molar-refractivity contribution in [2.24, 2.45) is 5.92 Å². The molecule has 2 aromatic carbocycles. The molecule has 218 valence electrons. The quantitative estimate of drug-likeness (QED) is 0.272. The highest BCUT2D eigenvalue weighted by molar-refractivity contribution is 6.10. The highest BCUT2D eigenvalue weighted by atomic mass is 16.5. The number of benzene rings is 2. The lowest BCUT2D eigenvalue weighted by molar-refractivity contribution is -0.131. The number of carbonyl (C=O) groups excluding carboxylic acids is 1. The number of hydrogen-bond donors (Lipinski definition) is 2. The Hall–Kier alpha value is -4.44. The molecule has 3 heterocycles. The molecule has 1 saturated carbocycles. The fourth-order valence-corrected chi connectivity index (χ4v) is 6.14. The molecule has 0 spiro atoms. The zero-order chi connectivity index (χ0) is 29.4. The Kier molecular flexibility index (Phi) is 7.55. The molecule has 1 aliphatic carbocycles. The predicted molar refractivity (Wildman–Crippen MR) is 161 cm³/mol. The van der Waals surface area contributed by atoms with Gasteiger partial charge in [-0.15, -0.1) is 0 Å². The van der Waals surface area contributed by atoms with Gasteiger partial charge in [-0.2, -0.15) is 0 Å². The maximum Gasteiger partial charge on any atom is 0.353 e. The van der Waals surface area contributed by atoms with Crippen molar-refractivity contribution in [3.8, 4) is 22.6 Å². The van der Waals surface area contributed by atoms with Gasteiger partial charge in [-0.25, -0.2) is 14.8 Å². The Labute approximate surface area is 244 Å². The van der Waals surface area contributed by atoms with Crippen LogP contribution >= 0.6 is 0 Å². The fourth-order valence-electron chi connectivity index (χ4n) is 6.14. The third-order valence-corrected chi connectivity index (χ3v) is 8.31. The molecule has 6 rings (SSSR count). The molecule has 10 heteroatoms. The molecule has 2 atom stereocenters. The van der Waals surface area contributed by atoms with E-state index in [1.165, 1.54) is 19.2 Å². The van der Waals surface area contributed by atoms with Crippen LogP contribution in [0.25, 0.3) is 22.2 Å². The van der Waals surface area contributed by atoms with Crippen molar-refractivity contribution in [3.63, 3.8) is 0 Å². The second-order valence-electron chi connectivity index (χ2n) is 11.6. The van der Waals surface area contributed by atoms with Gasteiger partial charge in [0.15, 0.2) is 0 Å². The standard InChI is InChI=1S/C32H36N6O4/c1-20(17-36(2)22-10-11-22)16-26(39)37-15-14-23(18-37)38-29(32(40)41)27(28-30(33)34-19-35-31(28)38)21-8-12-25(13-9-21)42-24-6-4-3-5-7-24/h3-9,12-13,19-20,22-23H,10-11,14-18H2,1-2H3,(H,40,41)(H2,33,34,35)/t20?,23-/m1/s1. The smallest absolute Gasteiger partial charge is 0.353 e. The van der Waals surface area contributed by atoms with Gasteiger partial charge in [0.1, 0.15) is 35.0 Å². The number of likely N-dealkylation sites (tertiary alicyclic amines) is 1. The molecule has 2 aliphatic rings. The van der Waals surface area contributed by atoms with Crippen molar-refractivity contribution in [2.75, 3.05) is 32.4 Å². The summed E-state index contributed by atoms with van der Waals surface area (Å²) in [4.78, 5) is 39.0. The van der Waals surface area contributed by atoms with Crippen LogP contribution in [0.15, 0.2) is 60.9 Å². The zero-order valence-electron chi connectivity index (χ0n) is 23.9. The van der Waals surface area contributed by atoms with E-state index in [0.29, 0.717) is 65.6 Å². The third kappa shape index (κ3) is 5.54. The molecule has 1 amide bonds. The van der Waals surface area contributed by atoms with Crippen molar-refractivity contribution in [2.45, 2.75) is 44.7 Å². The summed E-state index contributed by atoms with van der Waals surface area (Å²) in [6.07, 6.45) is 4.93. The summed E-state index contributed by atoms with van der Waals surface area (Å²) in [7, 11) is 2.13. The number of aromatic carboxylic acids is 1. The van der Waals surface area contributed by atoms with Crippen LogP contribution in [0.5, 0.6) is 11.5 Å². The minimum Gasteiger partial charge on any atom is -0.477 e. The molecule has 4 aromatic rings. The van der Waals surface area contributed by atoms with E-state index in [2.05, 4.69) is 28.8 Å². The molecule has 10 nitrogen and oxygen atoms in total. The Bertz CT molecular complexity index is 1600. The first-order valence-corrected chi connectivity index (χ1v) is 14.5. The van der Waals surface area contributed by atoms with E-state index in [0.717, 1.165) is 6.54 Å². The second-order valence-corrected chi connectivity index (χ2v) is 11.6. The minimum absolute atomic E-state index is 0.0904. The molecule has 2 aromatic heterocycles. The first-order valence-electron chi connectivity index (χ1n) is 14.5. The lowest BCUT2D eigenvalue weighted by Gasteiger charge is -2.23. The summed E-state index contributed by atoms with van der Waals surface area (Å²) in [5.74, 6) is 0.796. The average molecular weight is 569 g/mol. The van der Waals surface area contributed by atoms with Crippen LogP contribution in [0.2, 0.25) is 0 Å². The van der Waals surface area contributed by atoms with Crippen LogP contribution in [-0.2, 0) is 4.79 Å². The highest BCUT2D eigenvalue weighted by Crippen LogP contribution is 2.41. The number of carboxylic acids is 1. The number of amides is 1. The number of nitrogens with two attached hydrogens (primary N) is 1. The Morgan fingerprint density at radius 2 is 1.79 bits per heavy atom. The van der Waals surface area contributed by atoms with Crippen molar-refractivity contribution in [3.05, 3.63) is 66.6 Å². The molecular formula is C32H36N6O4. The lowest BCUT2D eigenvalue weighted by atomic mass is 10.0. The summed E-state index contributed by atoms with van der Waals surface area (Å²) in [6.45, 7) is 4.00. The summed E-state index contributed by atoms with van der Waals surface area (Å²) in [5, 5.41) is 11.0. The lowest BCUT2D eigenvalue weighted by Crippen LogP contribution is -2.33. The van der Waals surface area contributed by atoms with Gasteiger partial charge in [0.25, 0.3) is 0 Å². The molecular weight excluding hydrogens is 532 g/mol. The van der Waals surface area contributed by atoms with Crippen LogP contribution in [0.3, 0.4) is 0 Å². The monoisotopic (exact) mass is 568 g/mol. The van der Waals surface area contributed by atoms with Gasteiger partial charge in [0, 0.05) is 37.7 Å². The number of hydrogen-bond acceptors (Lipinski definition) is 7. The SMILES string of the molecule is CC(CC(=O)N1CC[C@@H](n2c(C(=O)O)c(-c3ccc(Oc4ccccc4)cc3)c3c(N)ncnc32)C1)CN(C)C1CC1. The van der Waals surface area contributed by atoms with Gasteiger partial charge in [-0.3, -0.25) is 4.79 Å². The van der Waals surface area contributed by atoms with E-state index >= 15 is 0 Å². The van der Waals surface area contributed by atoms with Crippen molar-refractivity contribution in [1.82, 2.24) is 24.3 Å². The van der Waals surface area contributed by atoms with Gasteiger partial charge in [-0.1, -0.05) is 37.3 Å². The van der Waals surface area contributed by atoms with E-state index in [-0.39, 0.29) is 29.4 Å². The van der Waals surface area contributed by atoms with Crippen LogP contribution in [-0.4, -0.2) is 74.0 Å². The zero-order valence-corrected chi connectivity index (χ0v) is 23.9. The summed E-state index contributed by atoms with van der Waals surface area (Å²) in [6, 6.07) is 17.1. The maximum atomic E-state index is 13.3. The van der Waals surface area contributed by atoms with E-state index in [1.54, 1.807) is 16.7 Å². The average Bonchev–Trinajstić information content (AvgIpc) is 3.60. The molecule has 3 N–H and O–H groups in total. The number of para-hydroxylation sites is 1. The molecule has 1 saturated heterocycles. The molecule has 0 radical (unpaired) electrons. The predicted octanol–water partition coefficient (Wildman–Crippen LogP) is 5.06. The van der Waals surface area contributed by atoms with Gasteiger partial charge < -0.3 is 29.9 Å². The van der Waals surface area contributed by atoms with E-state index in [4.69, 9.17) is 10.5 Å². The Morgan fingerprint density at radius 1 is 1.07 bits per heavy atom. The normalized spacial score (nSPS) is 17.6. The van der Waals surface area contributed by atoms with Crippen LogP contribution < -0.4 is 10.5 Å². The summed E-state index contributed by atoms with van der Waals surface area (Å²) >= 11 is 0. The summed E-state index contributed by atoms with van der Waals surface area (Å²) < 4.78 is 7.68. The molecule has 1 aliphatic heterocycles. The number of carbonyl (C=O) groups is 2. The number of fused-ring (bicyclic) bond motifs is 1. The number of nitrogens with zero attached hydrogens (tertiary/aromatic N) is 5. The van der Waals surface area contributed by atoms with Gasteiger partial charge >= 0.3 is 5.97 Å². The van der Waals surface area contributed by atoms with Gasteiger partial charge in [-0.05, 0) is 62.1 Å².